The maximum Gasteiger partial charge on any atom is 0.308 e. The van der Waals surface area contributed by atoms with E-state index in [1.807, 2.05) is 18.4 Å². The van der Waals surface area contributed by atoms with Gasteiger partial charge in [-0.3, -0.25) is 14.4 Å². The van der Waals surface area contributed by atoms with Crippen molar-refractivity contribution in [2.75, 3.05) is 6.26 Å². The van der Waals surface area contributed by atoms with Crippen molar-refractivity contribution in [3.63, 3.8) is 0 Å². The van der Waals surface area contributed by atoms with Crippen molar-refractivity contribution in [2.24, 2.45) is 0 Å². The van der Waals surface area contributed by atoms with Gasteiger partial charge in [-0.25, -0.2) is 0 Å². The van der Waals surface area contributed by atoms with E-state index in [1.54, 1.807) is 6.07 Å². The zero-order valence-corrected chi connectivity index (χ0v) is 14.5. The molecule has 2 rings (SSSR count). The lowest BCUT2D eigenvalue weighted by Crippen LogP contribution is -2.09. The number of fused-ring (bicyclic) bond motifs is 1. The van der Waals surface area contributed by atoms with Gasteiger partial charge in [0.25, 0.3) is 0 Å². The van der Waals surface area contributed by atoms with Gasteiger partial charge in [-0.2, -0.15) is 0 Å². The highest BCUT2D eigenvalue weighted by Crippen LogP contribution is 2.43. The first-order valence-electron chi connectivity index (χ1n) is 7.01. The number of rotatable bonds is 4. The van der Waals surface area contributed by atoms with Crippen LogP contribution in [0.5, 0.6) is 17.2 Å². The van der Waals surface area contributed by atoms with Gasteiger partial charge in [0, 0.05) is 42.5 Å². The van der Waals surface area contributed by atoms with Crippen LogP contribution in [0.25, 0.3) is 10.8 Å². The fourth-order valence-corrected chi connectivity index (χ4v) is 2.61. The number of hydrogen-bond donors (Lipinski definition) is 0. The summed E-state index contributed by atoms with van der Waals surface area (Å²) < 4.78 is 15.6. The molecule has 0 heterocycles. The van der Waals surface area contributed by atoms with Crippen LogP contribution in [0.3, 0.4) is 0 Å². The van der Waals surface area contributed by atoms with Crippen LogP contribution in [0, 0.1) is 0 Å². The number of esters is 3. The molecular weight excluding hydrogens is 332 g/mol. The van der Waals surface area contributed by atoms with Gasteiger partial charge in [0.15, 0.2) is 11.5 Å². The molecular formula is C17H16O6S. The molecule has 0 spiro atoms. The first kappa shape index (κ1) is 17.8. The smallest absolute Gasteiger partial charge is 0.308 e. The van der Waals surface area contributed by atoms with Crippen molar-refractivity contribution < 1.29 is 28.6 Å². The van der Waals surface area contributed by atoms with E-state index < -0.39 is 17.9 Å². The molecule has 0 N–H and O–H groups in total. The first-order chi connectivity index (χ1) is 11.3. The Morgan fingerprint density at radius 2 is 1.38 bits per heavy atom. The Morgan fingerprint density at radius 1 is 0.792 bits per heavy atom. The molecule has 0 aliphatic rings. The fourth-order valence-electron chi connectivity index (χ4n) is 2.17. The van der Waals surface area contributed by atoms with Crippen molar-refractivity contribution >= 4 is 40.4 Å². The zero-order chi connectivity index (χ0) is 17.9. The van der Waals surface area contributed by atoms with Gasteiger partial charge in [-0.05, 0) is 24.5 Å². The van der Waals surface area contributed by atoms with E-state index >= 15 is 0 Å². The Kier molecular flexibility index (Phi) is 5.46. The van der Waals surface area contributed by atoms with E-state index in [0.29, 0.717) is 10.8 Å². The largest absolute Gasteiger partial charge is 0.426 e. The minimum atomic E-state index is -0.586. The third-order valence-corrected chi connectivity index (χ3v) is 3.70. The second kappa shape index (κ2) is 7.35. The number of carbonyl (C=O) groups is 3. The molecule has 0 radical (unpaired) electrons. The third kappa shape index (κ3) is 4.05. The predicted molar refractivity (Wildman–Crippen MR) is 89.7 cm³/mol. The quantitative estimate of drug-likeness (QED) is 0.476. The van der Waals surface area contributed by atoms with Crippen molar-refractivity contribution in [2.45, 2.75) is 25.7 Å². The maximum absolute atomic E-state index is 11.4. The van der Waals surface area contributed by atoms with E-state index in [4.69, 9.17) is 14.2 Å². The highest BCUT2D eigenvalue weighted by atomic mass is 32.2. The highest BCUT2D eigenvalue weighted by Gasteiger charge is 2.20. The summed E-state index contributed by atoms with van der Waals surface area (Å²) in [7, 11) is 0. The minimum Gasteiger partial charge on any atom is -0.426 e. The van der Waals surface area contributed by atoms with E-state index in [9.17, 15) is 14.4 Å². The standard InChI is InChI=1S/C17H16O6S/c1-9(18)21-15-8-16(22-10(2)19)17(23-11(3)20)13-6-5-12(24-4)7-14(13)15/h5-8H,1-4H3. The summed E-state index contributed by atoms with van der Waals surface area (Å²) in [5.74, 6) is -1.31. The molecule has 24 heavy (non-hydrogen) atoms. The lowest BCUT2D eigenvalue weighted by molar-refractivity contribution is -0.134. The van der Waals surface area contributed by atoms with E-state index in [2.05, 4.69) is 0 Å². The number of ether oxygens (including phenoxy) is 3. The Labute approximate surface area is 143 Å². The van der Waals surface area contributed by atoms with Crippen LogP contribution in [0.1, 0.15) is 20.8 Å². The number of carbonyl (C=O) groups excluding carboxylic acids is 3. The van der Waals surface area contributed by atoms with Gasteiger partial charge in [0.1, 0.15) is 5.75 Å². The molecule has 0 atom stereocenters. The summed E-state index contributed by atoms with van der Waals surface area (Å²) in [4.78, 5) is 35.1. The summed E-state index contributed by atoms with van der Waals surface area (Å²) in [5, 5.41) is 1.07. The fraction of sp³-hybridized carbons (Fsp3) is 0.235. The Morgan fingerprint density at radius 3 is 1.92 bits per heavy atom. The maximum atomic E-state index is 11.4. The van der Waals surface area contributed by atoms with Crippen molar-refractivity contribution in [1.29, 1.82) is 0 Å². The van der Waals surface area contributed by atoms with E-state index in [1.165, 1.54) is 38.6 Å². The summed E-state index contributed by atoms with van der Waals surface area (Å²) in [6.07, 6.45) is 1.91. The lowest BCUT2D eigenvalue weighted by Gasteiger charge is -2.15. The molecule has 6 nitrogen and oxygen atoms in total. The van der Waals surface area contributed by atoms with Crippen molar-refractivity contribution in [3.8, 4) is 17.2 Å². The van der Waals surface area contributed by atoms with Gasteiger partial charge in [0.2, 0.25) is 0 Å². The average molecular weight is 348 g/mol. The van der Waals surface area contributed by atoms with Crippen LogP contribution >= 0.6 is 11.8 Å². The molecule has 0 aliphatic carbocycles. The normalized spacial score (nSPS) is 10.3. The molecule has 0 aliphatic heterocycles. The molecule has 126 valence electrons. The Balaban J connectivity index is 2.79. The van der Waals surface area contributed by atoms with E-state index in [-0.39, 0.29) is 17.2 Å². The van der Waals surface area contributed by atoms with Crippen LogP contribution in [0.15, 0.2) is 29.2 Å². The van der Waals surface area contributed by atoms with Gasteiger partial charge in [-0.1, -0.05) is 0 Å². The molecule has 0 amide bonds. The summed E-state index contributed by atoms with van der Waals surface area (Å²) in [5.41, 5.74) is 0. The second-order valence-corrected chi connectivity index (χ2v) is 5.77. The van der Waals surface area contributed by atoms with Crippen LogP contribution in [0.2, 0.25) is 0 Å². The van der Waals surface area contributed by atoms with Crippen molar-refractivity contribution in [1.82, 2.24) is 0 Å². The Bertz CT molecular complexity index is 827. The molecule has 0 fully saturated rings. The van der Waals surface area contributed by atoms with Gasteiger partial charge in [0.05, 0.1) is 0 Å². The molecule has 0 bridgehead atoms. The van der Waals surface area contributed by atoms with Crippen LogP contribution in [-0.4, -0.2) is 24.2 Å². The molecule has 0 saturated heterocycles. The number of hydrogen-bond acceptors (Lipinski definition) is 7. The first-order valence-corrected chi connectivity index (χ1v) is 8.24. The molecule has 0 unspecified atom stereocenters. The highest BCUT2D eigenvalue weighted by molar-refractivity contribution is 7.98. The van der Waals surface area contributed by atoms with Crippen molar-refractivity contribution in [3.05, 3.63) is 24.3 Å². The summed E-state index contributed by atoms with van der Waals surface area (Å²) in [6, 6.07) is 6.73. The van der Waals surface area contributed by atoms with Gasteiger partial charge in [-0.15, -0.1) is 11.8 Å². The zero-order valence-electron chi connectivity index (χ0n) is 13.7. The third-order valence-electron chi connectivity index (χ3n) is 2.98. The topological polar surface area (TPSA) is 78.9 Å². The number of benzene rings is 2. The minimum absolute atomic E-state index is 0.0124. The molecule has 2 aromatic rings. The molecule has 7 heteroatoms. The SMILES string of the molecule is CSc1ccc2c(OC(C)=O)c(OC(C)=O)cc(OC(C)=O)c2c1. The monoisotopic (exact) mass is 348 g/mol. The average Bonchev–Trinajstić information content (AvgIpc) is 2.49. The number of thioether (sulfide) groups is 1. The Hall–Kier alpha value is -2.54. The van der Waals surface area contributed by atoms with Crippen LogP contribution in [-0.2, 0) is 14.4 Å². The summed E-state index contributed by atoms with van der Waals surface area (Å²) in [6.45, 7) is 3.75. The molecule has 0 aromatic heterocycles. The second-order valence-electron chi connectivity index (χ2n) is 4.89. The van der Waals surface area contributed by atoms with Crippen LogP contribution < -0.4 is 14.2 Å². The van der Waals surface area contributed by atoms with Gasteiger partial charge >= 0.3 is 17.9 Å². The predicted octanol–water partition coefficient (Wildman–Crippen LogP) is 3.34. The summed E-state index contributed by atoms with van der Waals surface area (Å²) >= 11 is 1.51. The molecule has 2 aromatic carbocycles. The van der Waals surface area contributed by atoms with E-state index in [0.717, 1.165) is 4.90 Å². The van der Waals surface area contributed by atoms with Crippen LogP contribution in [0.4, 0.5) is 0 Å². The van der Waals surface area contributed by atoms with Gasteiger partial charge < -0.3 is 14.2 Å². The molecule has 0 saturated carbocycles. The lowest BCUT2D eigenvalue weighted by atomic mass is 10.1.